The molecule has 1 atom stereocenters. The molecule has 0 saturated heterocycles. The van der Waals surface area contributed by atoms with Crippen molar-refractivity contribution < 1.29 is 28.6 Å². The Balaban J connectivity index is 0.000000708. The highest BCUT2D eigenvalue weighted by Gasteiger charge is 2.25. The average Bonchev–Trinajstić information content (AvgIpc) is 2.81. The van der Waals surface area contributed by atoms with Gasteiger partial charge in [-0.1, -0.05) is 58.5 Å². The number of benzene rings is 1. The zero-order valence-electron chi connectivity index (χ0n) is 24.2. The SMILES string of the molecule is C=C(OCc1ccc(CC(C)=O)cc1)C(C)C.COCCOCCC(=O)C[C@H](C(=O)NC(C)C)C(C)C. The van der Waals surface area contributed by atoms with Crippen molar-refractivity contribution in [1.29, 1.82) is 0 Å². The van der Waals surface area contributed by atoms with Crippen molar-refractivity contribution in [2.75, 3.05) is 26.9 Å². The molecule has 1 amide bonds. The summed E-state index contributed by atoms with van der Waals surface area (Å²) < 4.78 is 15.7. The fraction of sp³-hybridized carbons (Fsp3) is 0.633. The van der Waals surface area contributed by atoms with Gasteiger partial charge in [0.25, 0.3) is 0 Å². The molecule has 1 aromatic carbocycles. The molecular weight excluding hydrogens is 470 g/mol. The largest absolute Gasteiger partial charge is 0.494 e. The molecule has 1 aromatic rings. The maximum Gasteiger partial charge on any atom is 0.224 e. The van der Waals surface area contributed by atoms with E-state index in [9.17, 15) is 14.4 Å². The second kappa shape index (κ2) is 19.6. The number of rotatable bonds is 17. The van der Waals surface area contributed by atoms with Crippen LogP contribution in [0.3, 0.4) is 0 Å². The van der Waals surface area contributed by atoms with E-state index < -0.39 is 0 Å². The molecule has 0 bridgehead atoms. The molecule has 0 aliphatic carbocycles. The highest BCUT2D eigenvalue weighted by Crippen LogP contribution is 2.17. The molecule has 0 unspecified atom stereocenters. The first kappa shape index (κ1) is 34.5. The molecule has 0 radical (unpaired) electrons. The Bertz CT molecular complexity index is 814. The first-order valence-corrected chi connectivity index (χ1v) is 13.1. The van der Waals surface area contributed by atoms with E-state index in [4.69, 9.17) is 14.2 Å². The molecule has 0 aliphatic rings. The van der Waals surface area contributed by atoms with Crippen LogP contribution in [0.25, 0.3) is 0 Å². The second-order valence-electron chi connectivity index (χ2n) is 10.2. The molecular formula is C30H49NO6. The van der Waals surface area contributed by atoms with E-state index in [0.29, 0.717) is 45.2 Å². The van der Waals surface area contributed by atoms with Crippen molar-refractivity contribution >= 4 is 17.5 Å². The number of amides is 1. The number of carbonyl (C=O) groups is 3. The summed E-state index contributed by atoms with van der Waals surface area (Å²) in [6, 6.07) is 8.02. The van der Waals surface area contributed by atoms with Crippen LogP contribution >= 0.6 is 0 Å². The monoisotopic (exact) mass is 519 g/mol. The van der Waals surface area contributed by atoms with Crippen molar-refractivity contribution in [2.24, 2.45) is 17.8 Å². The lowest BCUT2D eigenvalue weighted by atomic mass is 9.89. The van der Waals surface area contributed by atoms with Crippen molar-refractivity contribution in [3.63, 3.8) is 0 Å². The number of ether oxygens (including phenoxy) is 3. The van der Waals surface area contributed by atoms with Crippen LogP contribution in [0.2, 0.25) is 0 Å². The van der Waals surface area contributed by atoms with Crippen LogP contribution in [0.5, 0.6) is 0 Å². The smallest absolute Gasteiger partial charge is 0.224 e. The normalized spacial score (nSPS) is 11.6. The van der Waals surface area contributed by atoms with Crippen LogP contribution in [-0.4, -0.2) is 50.4 Å². The summed E-state index contributed by atoms with van der Waals surface area (Å²) in [5, 5.41) is 2.87. The second-order valence-corrected chi connectivity index (χ2v) is 10.2. The maximum atomic E-state index is 12.0. The van der Waals surface area contributed by atoms with Crippen molar-refractivity contribution in [2.45, 2.75) is 80.4 Å². The van der Waals surface area contributed by atoms with E-state index in [1.165, 1.54) is 0 Å². The fourth-order valence-electron chi connectivity index (χ4n) is 3.18. The molecule has 7 nitrogen and oxygen atoms in total. The van der Waals surface area contributed by atoms with Crippen LogP contribution < -0.4 is 5.32 Å². The Labute approximate surface area is 224 Å². The summed E-state index contributed by atoms with van der Waals surface area (Å²) in [6.45, 7) is 19.3. The molecule has 0 heterocycles. The number of hydrogen-bond donors (Lipinski definition) is 1. The average molecular weight is 520 g/mol. The number of nitrogens with one attached hydrogen (secondary N) is 1. The van der Waals surface area contributed by atoms with Gasteiger partial charge >= 0.3 is 0 Å². The van der Waals surface area contributed by atoms with Crippen LogP contribution in [0.1, 0.15) is 72.4 Å². The lowest BCUT2D eigenvalue weighted by Crippen LogP contribution is -2.38. The molecule has 0 saturated carbocycles. The summed E-state index contributed by atoms with van der Waals surface area (Å²) >= 11 is 0. The van der Waals surface area contributed by atoms with E-state index in [2.05, 4.69) is 25.7 Å². The van der Waals surface area contributed by atoms with Crippen LogP contribution in [-0.2, 0) is 41.6 Å². The Hall–Kier alpha value is -2.51. The minimum absolute atomic E-state index is 0.0383. The number of hydrogen-bond acceptors (Lipinski definition) is 6. The summed E-state index contributed by atoms with van der Waals surface area (Å²) in [4.78, 5) is 34.9. The highest BCUT2D eigenvalue weighted by atomic mass is 16.5. The van der Waals surface area contributed by atoms with Gasteiger partial charge in [-0.2, -0.15) is 0 Å². The molecule has 7 heteroatoms. The van der Waals surface area contributed by atoms with Gasteiger partial charge in [-0.3, -0.25) is 14.4 Å². The Morgan fingerprint density at radius 3 is 2.00 bits per heavy atom. The van der Waals surface area contributed by atoms with Gasteiger partial charge in [-0.05, 0) is 37.8 Å². The van der Waals surface area contributed by atoms with Crippen LogP contribution in [0.15, 0.2) is 36.6 Å². The predicted octanol–water partition coefficient (Wildman–Crippen LogP) is 5.30. The predicted molar refractivity (Wildman–Crippen MR) is 148 cm³/mol. The Morgan fingerprint density at radius 2 is 1.51 bits per heavy atom. The summed E-state index contributed by atoms with van der Waals surface area (Å²) in [6.07, 6.45) is 1.13. The topological polar surface area (TPSA) is 90.9 Å². The Morgan fingerprint density at radius 1 is 0.919 bits per heavy atom. The summed E-state index contributed by atoms with van der Waals surface area (Å²) in [5.41, 5.74) is 2.14. The van der Waals surface area contributed by atoms with E-state index in [0.717, 1.165) is 16.9 Å². The van der Waals surface area contributed by atoms with E-state index in [1.807, 2.05) is 52.0 Å². The fourth-order valence-corrected chi connectivity index (χ4v) is 3.18. The van der Waals surface area contributed by atoms with E-state index >= 15 is 0 Å². The van der Waals surface area contributed by atoms with Crippen molar-refractivity contribution in [3.05, 3.63) is 47.7 Å². The lowest BCUT2D eigenvalue weighted by molar-refractivity contribution is -0.131. The van der Waals surface area contributed by atoms with Gasteiger partial charge in [0.05, 0.1) is 25.6 Å². The lowest BCUT2D eigenvalue weighted by Gasteiger charge is -2.21. The summed E-state index contributed by atoms with van der Waals surface area (Å²) in [7, 11) is 1.61. The van der Waals surface area contributed by atoms with Gasteiger partial charge in [-0.25, -0.2) is 0 Å². The van der Waals surface area contributed by atoms with Gasteiger partial charge in [0.1, 0.15) is 18.2 Å². The van der Waals surface area contributed by atoms with Crippen molar-refractivity contribution in [1.82, 2.24) is 5.32 Å². The standard InChI is InChI=1S/C15H29NO4.C15H20O2/c1-11(2)14(15(18)16-12(3)4)10-13(17)6-7-20-9-8-19-5;1-11(2)13(4)17-10-15-7-5-14(6-8-15)9-12(3)16/h11-12,14H,6-10H2,1-5H3,(H,16,18);5-8,11H,4,9-10H2,1-3H3/t14-;/m0./s1. The summed E-state index contributed by atoms with van der Waals surface area (Å²) in [5.74, 6) is 1.24. The number of ketones is 2. The maximum absolute atomic E-state index is 12.0. The first-order valence-electron chi connectivity index (χ1n) is 13.1. The van der Waals surface area contributed by atoms with Gasteiger partial charge in [-0.15, -0.1) is 0 Å². The molecule has 1 N–H and O–H groups in total. The number of carbonyl (C=O) groups excluding carboxylic acids is 3. The number of methoxy groups -OCH3 is 1. The van der Waals surface area contributed by atoms with E-state index in [-0.39, 0.29) is 41.8 Å². The van der Waals surface area contributed by atoms with Crippen molar-refractivity contribution in [3.8, 4) is 0 Å². The highest BCUT2D eigenvalue weighted by molar-refractivity contribution is 5.87. The zero-order valence-corrected chi connectivity index (χ0v) is 24.2. The van der Waals surface area contributed by atoms with E-state index in [1.54, 1.807) is 14.0 Å². The number of Topliss-reactive ketones (excluding diaryl/α,β-unsaturated/α-hetero) is 2. The Kier molecular flexibility index (Phi) is 18.3. The van der Waals surface area contributed by atoms with Gasteiger partial charge < -0.3 is 19.5 Å². The van der Waals surface area contributed by atoms with Gasteiger partial charge in [0, 0.05) is 44.2 Å². The zero-order chi connectivity index (χ0) is 28.4. The molecule has 0 aliphatic heterocycles. The van der Waals surface area contributed by atoms with Gasteiger partial charge in [0.2, 0.25) is 5.91 Å². The number of allylic oxidation sites excluding steroid dienone is 1. The molecule has 0 spiro atoms. The third kappa shape index (κ3) is 17.6. The minimum atomic E-state index is -0.260. The quantitative estimate of drug-likeness (QED) is 0.222. The third-order valence-electron chi connectivity index (χ3n) is 5.52. The first-order chi connectivity index (χ1) is 17.4. The van der Waals surface area contributed by atoms with Gasteiger partial charge in [0.15, 0.2) is 0 Å². The molecule has 0 fully saturated rings. The third-order valence-corrected chi connectivity index (χ3v) is 5.52. The molecule has 1 rings (SSSR count). The molecule has 0 aromatic heterocycles. The van der Waals surface area contributed by atoms with Crippen LogP contribution in [0, 0.1) is 17.8 Å². The molecule has 210 valence electrons. The minimum Gasteiger partial charge on any atom is -0.494 e. The molecule has 37 heavy (non-hydrogen) atoms. The van der Waals surface area contributed by atoms with Crippen LogP contribution in [0.4, 0.5) is 0 Å².